The Bertz CT molecular complexity index is 767. The molecule has 0 bridgehead atoms. The zero-order chi connectivity index (χ0) is 20.9. The van der Waals surface area contributed by atoms with Crippen LogP contribution in [0.2, 0.25) is 0 Å². The largest absolute Gasteiger partial charge is 0.306 e. The fraction of sp³-hybridized carbons (Fsp3) is 0.286. The Balaban J connectivity index is 0.000000191. The van der Waals surface area contributed by atoms with E-state index in [0.717, 1.165) is 11.5 Å². The van der Waals surface area contributed by atoms with Gasteiger partial charge in [0.25, 0.3) is 0 Å². The molecule has 0 saturated carbocycles. The minimum Gasteiger partial charge on any atom is -0.306 e. The first-order chi connectivity index (χ1) is 14.2. The summed E-state index contributed by atoms with van der Waals surface area (Å²) >= 11 is 0. The molecule has 1 aliphatic heterocycles. The molecular formula is C28H35N. The molecular weight excluding hydrogens is 350 g/mol. The van der Waals surface area contributed by atoms with Crippen LogP contribution in [0.4, 0.5) is 0 Å². The molecule has 1 unspecified atom stereocenters. The van der Waals surface area contributed by atoms with E-state index < -0.39 is 0 Å². The number of nitrogens with zero attached hydrogens (tertiary/aromatic N) is 1. The van der Waals surface area contributed by atoms with Gasteiger partial charge in [-0.2, -0.15) is 0 Å². The molecule has 0 aromatic heterocycles. The third kappa shape index (κ3) is 7.36. The highest BCUT2D eigenvalue weighted by Gasteiger charge is 2.17. The maximum absolute atomic E-state index is 4.10. The van der Waals surface area contributed by atoms with Crippen LogP contribution in [0.1, 0.15) is 49.3 Å². The Morgan fingerprint density at radius 3 is 1.66 bits per heavy atom. The smallest absolute Gasteiger partial charge is 0.00472 e. The van der Waals surface area contributed by atoms with Crippen molar-refractivity contribution in [3.8, 4) is 0 Å². The predicted molar refractivity (Wildman–Crippen MR) is 128 cm³/mol. The summed E-state index contributed by atoms with van der Waals surface area (Å²) in [6, 6.07) is 31.4. The summed E-state index contributed by atoms with van der Waals surface area (Å²) in [4.78, 5) is 2.43. The van der Waals surface area contributed by atoms with Crippen molar-refractivity contribution in [3.63, 3.8) is 0 Å². The first kappa shape index (κ1) is 22.6. The van der Waals surface area contributed by atoms with E-state index in [4.69, 9.17) is 0 Å². The molecule has 1 heteroatoms. The topological polar surface area (TPSA) is 3.24 Å². The third-order valence-electron chi connectivity index (χ3n) is 5.14. The molecule has 1 fully saturated rings. The first-order valence-corrected chi connectivity index (χ1v) is 10.8. The Labute approximate surface area is 177 Å². The van der Waals surface area contributed by atoms with E-state index in [-0.39, 0.29) is 0 Å². The van der Waals surface area contributed by atoms with Crippen molar-refractivity contribution in [2.45, 2.75) is 32.6 Å². The van der Waals surface area contributed by atoms with Crippen molar-refractivity contribution < 1.29 is 0 Å². The molecule has 1 aliphatic rings. The van der Waals surface area contributed by atoms with Crippen LogP contribution in [0.15, 0.2) is 97.6 Å². The summed E-state index contributed by atoms with van der Waals surface area (Å²) in [5.41, 5.74) is 4.94. The molecule has 1 nitrogen and oxygen atoms in total. The zero-order valence-electron chi connectivity index (χ0n) is 18.2. The van der Waals surface area contributed by atoms with Crippen molar-refractivity contribution in [1.82, 2.24) is 4.90 Å². The summed E-state index contributed by atoms with van der Waals surface area (Å²) < 4.78 is 0. The van der Waals surface area contributed by atoms with Gasteiger partial charge in [-0.3, -0.25) is 0 Å². The van der Waals surface area contributed by atoms with E-state index in [1.54, 1.807) is 0 Å². The normalized spacial score (nSPS) is 15.9. The zero-order valence-corrected chi connectivity index (χ0v) is 18.2. The van der Waals surface area contributed by atoms with Crippen LogP contribution in [-0.4, -0.2) is 25.0 Å². The van der Waals surface area contributed by atoms with Gasteiger partial charge in [0.1, 0.15) is 0 Å². The predicted octanol–water partition coefficient (Wildman–Crippen LogP) is 7.27. The summed E-state index contributed by atoms with van der Waals surface area (Å²) in [6.45, 7) is 10.6. The van der Waals surface area contributed by atoms with Crippen molar-refractivity contribution in [3.05, 3.63) is 114 Å². The number of rotatable bonds is 3. The minimum atomic E-state index is 0.764. The number of hydrogen-bond acceptors (Lipinski definition) is 1. The second-order valence-corrected chi connectivity index (χ2v) is 7.22. The van der Waals surface area contributed by atoms with E-state index in [9.17, 15) is 0 Å². The van der Waals surface area contributed by atoms with Gasteiger partial charge in [-0.15, -0.1) is 0 Å². The van der Waals surface area contributed by atoms with Crippen LogP contribution in [0.25, 0.3) is 5.57 Å². The molecule has 1 heterocycles. The lowest BCUT2D eigenvalue weighted by molar-refractivity contribution is 0.251. The highest BCUT2D eigenvalue weighted by atomic mass is 15.1. The van der Waals surface area contributed by atoms with Crippen LogP contribution >= 0.6 is 0 Å². The molecule has 0 aliphatic carbocycles. The molecule has 4 rings (SSSR count). The van der Waals surface area contributed by atoms with E-state index in [0.29, 0.717) is 0 Å². The van der Waals surface area contributed by atoms with Crippen molar-refractivity contribution in [2.24, 2.45) is 0 Å². The second kappa shape index (κ2) is 12.7. The van der Waals surface area contributed by atoms with E-state index in [2.05, 4.69) is 73.1 Å². The fourth-order valence-electron chi connectivity index (χ4n) is 3.61. The first-order valence-electron chi connectivity index (χ1n) is 10.8. The average Bonchev–Trinajstić information content (AvgIpc) is 2.82. The van der Waals surface area contributed by atoms with Crippen molar-refractivity contribution in [2.75, 3.05) is 20.1 Å². The summed E-state index contributed by atoms with van der Waals surface area (Å²) in [5, 5.41) is 0. The maximum Gasteiger partial charge on any atom is 0.00472 e. The number of hydrogen-bond donors (Lipinski definition) is 0. The lowest BCUT2D eigenvalue weighted by atomic mass is 9.91. The Morgan fingerprint density at radius 2 is 1.21 bits per heavy atom. The van der Waals surface area contributed by atoms with Crippen LogP contribution < -0.4 is 0 Å². The van der Waals surface area contributed by atoms with Gasteiger partial charge in [0.05, 0.1) is 0 Å². The van der Waals surface area contributed by atoms with E-state index >= 15 is 0 Å². The second-order valence-electron chi connectivity index (χ2n) is 7.22. The van der Waals surface area contributed by atoms with Crippen LogP contribution in [0.3, 0.4) is 0 Å². The lowest BCUT2D eigenvalue weighted by Crippen LogP contribution is -2.30. The van der Waals surface area contributed by atoms with Gasteiger partial charge in [-0.25, -0.2) is 0 Å². The summed E-state index contributed by atoms with van der Waals surface area (Å²) in [6.07, 6.45) is 2.70. The fourth-order valence-corrected chi connectivity index (χ4v) is 3.61. The molecule has 1 atom stereocenters. The lowest BCUT2D eigenvalue weighted by Gasteiger charge is -2.29. The molecule has 0 spiro atoms. The molecule has 3 aromatic rings. The van der Waals surface area contributed by atoms with E-state index in [1.165, 1.54) is 42.6 Å². The number of piperidine rings is 1. The third-order valence-corrected chi connectivity index (χ3v) is 5.14. The minimum absolute atomic E-state index is 0.764. The molecule has 0 N–H and O–H groups in total. The highest BCUT2D eigenvalue weighted by molar-refractivity contribution is 5.77. The van der Waals surface area contributed by atoms with Gasteiger partial charge < -0.3 is 4.90 Å². The quantitative estimate of drug-likeness (QED) is 0.458. The van der Waals surface area contributed by atoms with Gasteiger partial charge in [0.2, 0.25) is 0 Å². The Hall–Kier alpha value is -2.64. The molecule has 1 saturated heterocycles. The van der Waals surface area contributed by atoms with Gasteiger partial charge in [-0.05, 0) is 54.6 Å². The van der Waals surface area contributed by atoms with Gasteiger partial charge in [0.15, 0.2) is 0 Å². The molecule has 29 heavy (non-hydrogen) atoms. The maximum atomic E-state index is 4.10. The van der Waals surface area contributed by atoms with Gasteiger partial charge in [-0.1, -0.05) is 111 Å². The Morgan fingerprint density at radius 1 is 0.759 bits per heavy atom. The number of likely N-dealkylation sites (tertiary alicyclic amines) is 1. The van der Waals surface area contributed by atoms with Gasteiger partial charge in [0, 0.05) is 6.54 Å². The molecule has 0 amide bonds. The van der Waals surface area contributed by atoms with Crippen molar-refractivity contribution in [1.29, 1.82) is 0 Å². The highest BCUT2D eigenvalue weighted by Crippen LogP contribution is 2.25. The number of benzene rings is 3. The van der Waals surface area contributed by atoms with Crippen molar-refractivity contribution >= 4 is 5.57 Å². The molecule has 0 radical (unpaired) electrons. The van der Waals surface area contributed by atoms with Gasteiger partial charge >= 0.3 is 0 Å². The standard InChI is InChI=1S/C14H12.C12H17N.C2H6/c1-12(13-8-4-2-5-9-13)14-10-6-3-7-11-14;1-13-9-5-8-12(10-13)11-6-3-2-4-7-11;1-2/h2-11H,1H2;2-4,6-7,12H,5,8-10H2,1H3;1-2H3. The Kier molecular flexibility index (Phi) is 9.95. The summed E-state index contributed by atoms with van der Waals surface area (Å²) in [7, 11) is 2.22. The van der Waals surface area contributed by atoms with E-state index in [1.807, 2.05) is 50.2 Å². The molecule has 3 aromatic carbocycles. The number of likely N-dealkylation sites (N-methyl/N-ethyl adjacent to an activating group) is 1. The monoisotopic (exact) mass is 385 g/mol. The SMILES string of the molecule is C=C(c1ccccc1)c1ccccc1.CC.CN1CCCC(c2ccccc2)C1. The van der Waals surface area contributed by atoms with Crippen LogP contribution in [0, 0.1) is 0 Å². The van der Waals surface area contributed by atoms with Crippen LogP contribution in [-0.2, 0) is 0 Å². The molecule has 152 valence electrons. The van der Waals surface area contributed by atoms with Crippen LogP contribution in [0.5, 0.6) is 0 Å². The average molecular weight is 386 g/mol. The summed E-state index contributed by atoms with van der Waals surface area (Å²) in [5.74, 6) is 0.764.